The Morgan fingerprint density at radius 3 is 2.88 bits per heavy atom. The highest BCUT2D eigenvalue weighted by molar-refractivity contribution is 8.36. The van der Waals surface area contributed by atoms with Crippen molar-refractivity contribution in [3.63, 3.8) is 0 Å². The van der Waals surface area contributed by atoms with Gasteiger partial charge in [0.25, 0.3) is 0 Å². The second kappa shape index (κ2) is 0.844. The summed E-state index contributed by atoms with van der Waals surface area (Å²) in [5.74, 6) is 1.12. The van der Waals surface area contributed by atoms with Crippen LogP contribution >= 0.6 is 10.6 Å². The van der Waals surface area contributed by atoms with Crippen LogP contribution in [-0.2, 0) is 8.37 Å². The molecular formula is C4H7NO2S. The van der Waals surface area contributed by atoms with E-state index in [1.54, 1.807) is 0 Å². The third-order valence-corrected chi connectivity index (χ3v) is 4.61. The van der Waals surface area contributed by atoms with Gasteiger partial charge in [-0.3, -0.25) is 0 Å². The minimum absolute atomic E-state index is 0.0365. The molecule has 0 amide bonds. The Balaban J connectivity index is 1.98. The molecule has 8 heavy (non-hydrogen) atoms. The predicted molar refractivity (Wildman–Crippen MR) is 30.2 cm³/mol. The Morgan fingerprint density at radius 1 is 1.50 bits per heavy atom. The van der Waals surface area contributed by atoms with E-state index in [1.165, 1.54) is 0 Å². The largest absolute Gasteiger partial charge is 0.316 e. The quantitative estimate of drug-likeness (QED) is 0.470. The van der Waals surface area contributed by atoms with E-state index in [-0.39, 0.29) is 5.12 Å². The fourth-order valence-corrected chi connectivity index (χ4v) is 3.79. The van der Waals surface area contributed by atoms with E-state index in [4.69, 9.17) is 8.37 Å². The van der Waals surface area contributed by atoms with E-state index in [1.807, 2.05) is 0 Å². The van der Waals surface area contributed by atoms with Gasteiger partial charge in [0.2, 0.25) is 0 Å². The number of rotatable bonds is 0. The third kappa shape index (κ3) is 0.248. The standard InChI is InChI=1S/C4H7NO2S/c1-2-8-4(6-8,7-8)3-5-1/h5H,1-3H2. The maximum absolute atomic E-state index is 5.34. The predicted octanol–water partition coefficient (Wildman–Crippen LogP) is -0.0616. The van der Waals surface area contributed by atoms with E-state index in [0.717, 1.165) is 18.8 Å². The first kappa shape index (κ1) is 4.11. The summed E-state index contributed by atoms with van der Waals surface area (Å²) in [4.78, 5) is 0. The summed E-state index contributed by atoms with van der Waals surface area (Å²) in [7, 11) is -0.833. The SMILES string of the molecule is C1CS23OC2(CN1)O3. The molecule has 0 unspecified atom stereocenters. The molecule has 46 valence electrons. The van der Waals surface area contributed by atoms with Crippen LogP contribution in [0, 0.1) is 0 Å². The van der Waals surface area contributed by atoms with Gasteiger partial charge < -0.3 is 5.32 Å². The van der Waals surface area contributed by atoms with Crippen molar-refractivity contribution >= 4 is 10.6 Å². The molecule has 0 aromatic carbocycles. The zero-order valence-corrected chi connectivity index (χ0v) is 5.16. The third-order valence-electron chi connectivity index (χ3n) is 1.83. The second-order valence-electron chi connectivity index (χ2n) is 2.35. The van der Waals surface area contributed by atoms with Gasteiger partial charge in [0.1, 0.15) is 0 Å². The molecule has 1 N–H and O–H groups in total. The molecule has 3 nitrogen and oxygen atoms in total. The highest BCUT2D eigenvalue weighted by Crippen LogP contribution is 2.96. The summed E-state index contributed by atoms with van der Waals surface area (Å²) in [6.45, 7) is 2.01. The molecule has 3 saturated heterocycles. The van der Waals surface area contributed by atoms with Crippen molar-refractivity contribution in [2.75, 3.05) is 18.8 Å². The van der Waals surface area contributed by atoms with E-state index in [2.05, 4.69) is 5.32 Å². The van der Waals surface area contributed by atoms with E-state index in [9.17, 15) is 0 Å². The maximum atomic E-state index is 5.34. The average Bonchev–Trinajstić information content (AvgIpc) is 2.45. The van der Waals surface area contributed by atoms with Crippen LogP contribution in [0.3, 0.4) is 0 Å². The average molecular weight is 133 g/mol. The van der Waals surface area contributed by atoms with Crippen LogP contribution in [0.4, 0.5) is 0 Å². The molecule has 0 bridgehead atoms. The first-order chi connectivity index (χ1) is 3.87. The molecule has 0 aliphatic carbocycles. The van der Waals surface area contributed by atoms with Crippen molar-refractivity contribution < 1.29 is 8.37 Å². The maximum Gasteiger partial charge on any atom is 0.316 e. The number of hydrogen-bond acceptors (Lipinski definition) is 3. The lowest BCUT2D eigenvalue weighted by Gasteiger charge is -2.04. The lowest BCUT2D eigenvalue weighted by atomic mass is 10.6. The summed E-state index contributed by atoms with van der Waals surface area (Å²) in [6.07, 6.45) is 0. The molecule has 0 radical (unpaired) electrons. The zero-order valence-electron chi connectivity index (χ0n) is 4.35. The van der Waals surface area contributed by atoms with Crippen molar-refractivity contribution in [2.45, 2.75) is 5.12 Å². The van der Waals surface area contributed by atoms with Gasteiger partial charge in [0.15, 0.2) is 0 Å². The van der Waals surface area contributed by atoms with Crippen molar-refractivity contribution in [3.8, 4) is 0 Å². The lowest BCUT2D eigenvalue weighted by Crippen LogP contribution is -2.27. The monoisotopic (exact) mass is 133 g/mol. The topological polar surface area (TPSA) is 37.1 Å². The second-order valence-corrected chi connectivity index (χ2v) is 4.94. The summed E-state index contributed by atoms with van der Waals surface area (Å²) in [5.41, 5.74) is 0. The van der Waals surface area contributed by atoms with Gasteiger partial charge >= 0.3 is 5.12 Å². The van der Waals surface area contributed by atoms with E-state index < -0.39 is 10.6 Å². The van der Waals surface area contributed by atoms with E-state index >= 15 is 0 Å². The van der Waals surface area contributed by atoms with Gasteiger partial charge in [-0.25, -0.2) is 8.37 Å². The summed E-state index contributed by atoms with van der Waals surface area (Å²) < 4.78 is 10.7. The molecule has 3 fully saturated rings. The molecule has 3 aliphatic rings. The number of hydrogen-bond donors (Lipinski definition) is 1. The van der Waals surface area contributed by atoms with Crippen LogP contribution < -0.4 is 5.32 Å². The van der Waals surface area contributed by atoms with Crippen LogP contribution in [0.1, 0.15) is 0 Å². The molecule has 0 atom stereocenters. The molecule has 3 aliphatic heterocycles. The fourth-order valence-electron chi connectivity index (χ4n) is 1.24. The first-order valence-electron chi connectivity index (χ1n) is 2.80. The normalized spacial score (nSPS) is 74.0. The van der Waals surface area contributed by atoms with Gasteiger partial charge in [0.05, 0.1) is 12.3 Å². The van der Waals surface area contributed by atoms with Crippen molar-refractivity contribution in [2.24, 2.45) is 0 Å². The molecule has 3 rings (SSSR count). The zero-order chi connectivity index (χ0) is 5.24. The van der Waals surface area contributed by atoms with Gasteiger partial charge in [-0.2, -0.15) is 0 Å². The van der Waals surface area contributed by atoms with Gasteiger partial charge in [-0.1, -0.05) is 0 Å². The Kier molecular flexibility index (Phi) is 0.434. The lowest BCUT2D eigenvalue weighted by molar-refractivity contribution is 0.0817. The van der Waals surface area contributed by atoms with E-state index in [0.29, 0.717) is 0 Å². The Labute approximate surface area is 49.1 Å². The highest BCUT2D eigenvalue weighted by atomic mass is 32.3. The van der Waals surface area contributed by atoms with Crippen LogP contribution in [0.5, 0.6) is 0 Å². The highest BCUT2D eigenvalue weighted by Gasteiger charge is 2.85. The van der Waals surface area contributed by atoms with Gasteiger partial charge in [-0.05, 0) is 0 Å². The molecule has 3 heterocycles. The molecule has 0 saturated carbocycles. The summed E-state index contributed by atoms with van der Waals surface area (Å²) >= 11 is 0. The Morgan fingerprint density at radius 2 is 2.38 bits per heavy atom. The van der Waals surface area contributed by atoms with Crippen LogP contribution in [0.25, 0.3) is 0 Å². The summed E-state index contributed by atoms with van der Waals surface area (Å²) in [6, 6.07) is 0. The smallest absolute Gasteiger partial charge is 0.309 e. The van der Waals surface area contributed by atoms with Crippen molar-refractivity contribution in [1.29, 1.82) is 0 Å². The van der Waals surface area contributed by atoms with Crippen LogP contribution in [0.2, 0.25) is 0 Å². The number of nitrogens with one attached hydrogen (secondary N) is 1. The first-order valence-corrected chi connectivity index (χ1v) is 4.45. The van der Waals surface area contributed by atoms with Gasteiger partial charge in [-0.15, -0.1) is 10.6 Å². The molecule has 0 aromatic rings. The Hall–Kier alpha value is 0.230. The molecular weight excluding hydrogens is 126 g/mol. The van der Waals surface area contributed by atoms with Crippen molar-refractivity contribution in [1.82, 2.24) is 5.32 Å². The van der Waals surface area contributed by atoms with Crippen molar-refractivity contribution in [3.05, 3.63) is 0 Å². The van der Waals surface area contributed by atoms with Crippen LogP contribution in [-0.4, -0.2) is 24.0 Å². The summed E-state index contributed by atoms with van der Waals surface area (Å²) in [5, 5.41) is 3.19. The van der Waals surface area contributed by atoms with Gasteiger partial charge in [0, 0.05) is 6.54 Å². The minimum atomic E-state index is -0.833. The Bertz CT molecular complexity index is 138. The minimum Gasteiger partial charge on any atom is -0.309 e. The fraction of sp³-hybridized carbons (Fsp3) is 1.00. The molecule has 0 spiro atoms. The molecule has 0 aromatic heterocycles. The van der Waals surface area contributed by atoms with Crippen LogP contribution in [0.15, 0.2) is 0 Å². The molecule has 4 heteroatoms.